The molecule has 0 bridgehead atoms. The summed E-state index contributed by atoms with van der Waals surface area (Å²) in [7, 11) is -2.23. The first-order chi connectivity index (χ1) is 24.7. The monoisotopic (exact) mass is 742 g/mol. The fraction of sp³-hybridized carbons (Fsp3) is 0.707. The summed E-state index contributed by atoms with van der Waals surface area (Å²) in [5, 5.41) is 0. The van der Waals surface area contributed by atoms with Crippen LogP contribution >= 0.6 is 0 Å². The lowest BCUT2D eigenvalue weighted by atomic mass is 9.99. The molecule has 290 valence electrons. The molecule has 4 aliphatic rings. The maximum absolute atomic E-state index is 7.17. The van der Waals surface area contributed by atoms with E-state index in [-0.39, 0.29) is 18.8 Å². The summed E-state index contributed by atoms with van der Waals surface area (Å²) in [6.07, 6.45) is -3.54. The lowest BCUT2D eigenvalue weighted by Gasteiger charge is -2.46. The van der Waals surface area contributed by atoms with Crippen LogP contribution in [0.25, 0.3) is 0 Å². The lowest BCUT2D eigenvalue weighted by molar-refractivity contribution is -0.294. The van der Waals surface area contributed by atoms with Crippen LogP contribution in [0.5, 0.6) is 0 Å². The van der Waals surface area contributed by atoms with Crippen molar-refractivity contribution in [2.45, 2.75) is 172 Å². The molecule has 4 aliphatic heterocycles. The Hall–Kier alpha value is -1.74. The molecule has 4 fully saturated rings. The van der Waals surface area contributed by atoms with Crippen LogP contribution in [0, 0.1) is 0 Å². The van der Waals surface area contributed by atoms with Crippen LogP contribution in [-0.2, 0) is 60.3 Å². The van der Waals surface area contributed by atoms with Gasteiger partial charge in [0.05, 0.1) is 32.5 Å². The normalized spacial score (nSPS) is 32.8. The van der Waals surface area contributed by atoms with Gasteiger partial charge in [-0.1, -0.05) is 102 Å². The van der Waals surface area contributed by atoms with Gasteiger partial charge in [0.1, 0.15) is 36.6 Å². The van der Waals surface area contributed by atoms with E-state index in [1.54, 1.807) is 0 Å². The molecule has 0 aliphatic carbocycles. The number of fused-ring (bicyclic) bond motifs is 3. The third-order valence-corrected chi connectivity index (χ3v) is 17.1. The zero-order valence-electron chi connectivity index (χ0n) is 32.8. The molecule has 10 nitrogen and oxygen atoms in total. The Labute approximate surface area is 312 Å². The van der Waals surface area contributed by atoms with Crippen molar-refractivity contribution in [2.75, 3.05) is 13.2 Å². The topological polar surface area (TPSA) is 92.3 Å². The molecule has 0 saturated carbocycles. The molecule has 2 aromatic carbocycles. The van der Waals surface area contributed by atoms with Gasteiger partial charge in [0.15, 0.2) is 32.5 Å². The van der Waals surface area contributed by atoms with Crippen LogP contribution in [0.3, 0.4) is 0 Å². The third kappa shape index (κ3) is 9.03. The number of benzene rings is 2. The average Bonchev–Trinajstić information content (AvgIpc) is 3.59. The summed E-state index contributed by atoms with van der Waals surface area (Å²) >= 11 is 0. The molecule has 52 heavy (non-hydrogen) atoms. The summed E-state index contributed by atoms with van der Waals surface area (Å²) in [5.41, 5.74) is 3.43. The van der Waals surface area contributed by atoms with E-state index in [0.29, 0.717) is 42.9 Å². The summed E-state index contributed by atoms with van der Waals surface area (Å²) in [4.78, 5) is 0. The molecule has 0 aromatic heterocycles. The Morgan fingerprint density at radius 2 is 1.15 bits per heavy atom. The second kappa shape index (κ2) is 16.5. The van der Waals surface area contributed by atoms with Gasteiger partial charge in [-0.3, -0.25) is 0 Å². The van der Waals surface area contributed by atoms with E-state index < -0.39 is 63.0 Å². The second-order valence-electron chi connectivity index (χ2n) is 16.6. The van der Waals surface area contributed by atoms with Gasteiger partial charge in [-0.05, 0) is 55.4 Å². The Kier molecular flexibility index (Phi) is 12.7. The zero-order chi connectivity index (χ0) is 37.3. The predicted octanol–water partition coefficient (Wildman–Crippen LogP) is 7.88. The van der Waals surface area contributed by atoms with Gasteiger partial charge in [0.2, 0.25) is 0 Å². The lowest BCUT2D eigenvalue weighted by Crippen LogP contribution is -2.58. The standard InChI is InChI=1S/C41H62O10Si/c1-26(2)52(27(3)4,28(5)6)45-25-33-35(44-23-30-19-15-12-16-20-30)31(42-22-29-17-13-11-14-18-29)21-34(46-33)43-24-32-36-37(49-40(7,8)48-36)38-39(47-32)51-41(9,10)50-38/h11-20,26-28,31-39H,21-25H2,1-10H3/t31-,32?,33?,34+,35-,36+,37?,38?,39-/m1/s1. The van der Waals surface area contributed by atoms with E-state index >= 15 is 0 Å². The minimum atomic E-state index is -2.23. The van der Waals surface area contributed by atoms with Crippen molar-refractivity contribution in [1.29, 1.82) is 0 Å². The molecule has 0 spiro atoms. The van der Waals surface area contributed by atoms with E-state index in [2.05, 4.69) is 65.8 Å². The SMILES string of the molecule is CC(C)[Si](OCC1O[C@H](OCC2O[C@@H]3OC(C)(C)OC3C3OC(C)(C)O[C@@H]23)C[C@@H](OCc2ccccc2)[C@H]1OCc1ccccc1)(C(C)C)C(C)C. The average molecular weight is 743 g/mol. The fourth-order valence-electron chi connectivity index (χ4n) is 8.81. The maximum atomic E-state index is 7.17. The molecule has 0 radical (unpaired) electrons. The molecule has 0 N–H and O–H groups in total. The largest absolute Gasteiger partial charge is 0.413 e. The van der Waals surface area contributed by atoms with Gasteiger partial charge in [0.25, 0.3) is 0 Å². The van der Waals surface area contributed by atoms with Crippen LogP contribution in [0.2, 0.25) is 16.6 Å². The van der Waals surface area contributed by atoms with Gasteiger partial charge in [-0.2, -0.15) is 0 Å². The first-order valence-corrected chi connectivity index (χ1v) is 21.4. The molecule has 11 heteroatoms. The van der Waals surface area contributed by atoms with Gasteiger partial charge in [-0.25, -0.2) is 0 Å². The van der Waals surface area contributed by atoms with Crippen LogP contribution in [0.4, 0.5) is 0 Å². The number of hydrogen-bond donors (Lipinski definition) is 0. The Balaban J connectivity index is 1.24. The van der Waals surface area contributed by atoms with Crippen LogP contribution in [0.15, 0.2) is 60.7 Å². The molecule has 9 atom stereocenters. The molecular weight excluding hydrogens is 681 g/mol. The van der Waals surface area contributed by atoms with E-state index in [4.69, 9.17) is 47.1 Å². The Morgan fingerprint density at radius 3 is 1.75 bits per heavy atom. The third-order valence-electron chi connectivity index (χ3n) is 11.0. The summed E-state index contributed by atoms with van der Waals surface area (Å²) < 4.78 is 65.7. The first-order valence-electron chi connectivity index (χ1n) is 19.3. The molecular formula is C41H62O10Si. The zero-order valence-corrected chi connectivity index (χ0v) is 33.8. The molecule has 4 unspecified atom stereocenters. The molecule has 0 amide bonds. The van der Waals surface area contributed by atoms with Crippen molar-refractivity contribution in [3.8, 4) is 0 Å². The van der Waals surface area contributed by atoms with Gasteiger partial charge in [0, 0.05) is 6.42 Å². The van der Waals surface area contributed by atoms with Crippen molar-refractivity contribution < 1.29 is 47.1 Å². The van der Waals surface area contributed by atoms with Crippen molar-refractivity contribution in [3.63, 3.8) is 0 Å². The highest BCUT2D eigenvalue weighted by molar-refractivity contribution is 6.77. The number of ether oxygens (including phenoxy) is 9. The van der Waals surface area contributed by atoms with Gasteiger partial charge >= 0.3 is 0 Å². The quantitative estimate of drug-likeness (QED) is 0.168. The Morgan fingerprint density at radius 1 is 0.615 bits per heavy atom. The maximum Gasteiger partial charge on any atom is 0.200 e. The molecule has 4 heterocycles. The highest BCUT2D eigenvalue weighted by Crippen LogP contribution is 2.45. The van der Waals surface area contributed by atoms with Crippen molar-refractivity contribution in [1.82, 2.24) is 0 Å². The van der Waals surface area contributed by atoms with E-state index in [0.717, 1.165) is 11.1 Å². The second-order valence-corrected chi connectivity index (χ2v) is 22.1. The molecule has 2 aromatic rings. The predicted molar refractivity (Wildman–Crippen MR) is 199 cm³/mol. The summed E-state index contributed by atoms with van der Waals surface area (Å²) in [5.74, 6) is -1.60. The summed E-state index contributed by atoms with van der Waals surface area (Å²) in [6.45, 7) is 22.8. The van der Waals surface area contributed by atoms with Crippen molar-refractivity contribution >= 4 is 8.32 Å². The minimum absolute atomic E-state index is 0.204. The first kappa shape index (κ1) is 39.9. The highest BCUT2D eigenvalue weighted by atomic mass is 28.4. The van der Waals surface area contributed by atoms with Gasteiger partial charge in [-0.15, -0.1) is 0 Å². The van der Waals surface area contributed by atoms with E-state index in [9.17, 15) is 0 Å². The van der Waals surface area contributed by atoms with Crippen LogP contribution in [-0.4, -0.2) is 88.4 Å². The van der Waals surface area contributed by atoms with E-state index in [1.807, 2.05) is 64.1 Å². The highest BCUT2D eigenvalue weighted by Gasteiger charge is 2.61. The number of hydrogen-bond acceptors (Lipinski definition) is 10. The van der Waals surface area contributed by atoms with Crippen molar-refractivity contribution in [2.24, 2.45) is 0 Å². The summed E-state index contributed by atoms with van der Waals surface area (Å²) in [6, 6.07) is 20.5. The molecule has 6 rings (SSSR count). The van der Waals surface area contributed by atoms with Crippen LogP contribution in [0.1, 0.15) is 86.8 Å². The minimum Gasteiger partial charge on any atom is -0.413 e. The molecule has 4 saturated heterocycles. The van der Waals surface area contributed by atoms with Gasteiger partial charge < -0.3 is 47.1 Å². The number of rotatable bonds is 15. The van der Waals surface area contributed by atoms with Crippen molar-refractivity contribution in [3.05, 3.63) is 71.8 Å². The van der Waals surface area contributed by atoms with Crippen LogP contribution < -0.4 is 0 Å². The van der Waals surface area contributed by atoms with E-state index in [1.165, 1.54) is 0 Å². The fourth-order valence-corrected chi connectivity index (χ4v) is 14.3. The smallest absolute Gasteiger partial charge is 0.200 e. The Bertz CT molecular complexity index is 1380.